The number of phenols is 1. The van der Waals surface area contributed by atoms with Gasteiger partial charge in [-0.25, -0.2) is 0 Å². The molecule has 1 atom stereocenters. The number of nitrogens with one attached hydrogen (secondary N) is 1. The second kappa shape index (κ2) is 4.54. The van der Waals surface area contributed by atoms with Crippen LogP contribution < -0.4 is 5.32 Å². The maximum Gasteiger partial charge on any atom is 0.134 e. The fraction of sp³-hybridized carbons (Fsp3) is 0.500. The molecular formula is C12H16BrNO. The highest BCUT2D eigenvalue weighted by atomic mass is 79.9. The third kappa shape index (κ3) is 2.18. The van der Waals surface area contributed by atoms with Crippen LogP contribution in [0.25, 0.3) is 0 Å². The van der Waals surface area contributed by atoms with Gasteiger partial charge in [0.25, 0.3) is 0 Å². The molecule has 0 spiro atoms. The van der Waals surface area contributed by atoms with Crippen molar-refractivity contribution < 1.29 is 5.11 Å². The molecule has 0 radical (unpaired) electrons. The summed E-state index contributed by atoms with van der Waals surface area (Å²) in [5.74, 6) is 0.395. The first kappa shape index (κ1) is 11.0. The van der Waals surface area contributed by atoms with E-state index in [1.54, 1.807) is 0 Å². The zero-order chi connectivity index (χ0) is 10.8. The summed E-state index contributed by atoms with van der Waals surface area (Å²) in [5, 5.41) is 13.4. The van der Waals surface area contributed by atoms with E-state index in [1.165, 1.54) is 12.0 Å². The Balaban J connectivity index is 2.39. The van der Waals surface area contributed by atoms with Gasteiger partial charge in [0, 0.05) is 11.6 Å². The van der Waals surface area contributed by atoms with E-state index in [4.69, 9.17) is 0 Å². The first-order valence-electron chi connectivity index (χ1n) is 5.47. The summed E-state index contributed by atoms with van der Waals surface area (Å²) < 4.78 is 0.811. The van der Waals surface area contributed by atoms with E-state index in [0.717, 1.165) is 29.4 Å². The number of halogens is 1. The Hall–Kier alpha value is -0.540. The average molecular weight is 270 g/mol. The van der Waals surface area contributed by atoms with Gasteiger partial charge >= 0.3 is 0 Å². The van der Waals surface area contributed by atoms with Crippen LogP contribution in [0.1, 0.15) is 36.9 Å². The molecule has 1 heterocycles. The van der Waals surface area contributed by atoms with Crippen molar-refractivity contribution in [1.82, 2.24) is 5.32 Å². The molecule has 82 valence electrons. The van der Waals surface area contributed by atoms with E-state index in [2.05, 4.69) is 34.2 Å². The molecular weight excluding hydrogens is 254 g/mol. The molecule has 0 aromatic heterocycles. The van der Waals surface area contributed by atoms with Gasteiger partial charge in [0.2, 0.25) is 0 Å². The Labute approximate surface area is 98.8 Å². The van der Waals surface area contributed by atoms with Crippen LogP contribution in [0.4, 0.5) is 0 Å². The molecule has 3 heteroatoms. The van der Waals surface area contributed by atoms with Gasteiger partial charge < -0.3 is 10.4 Å². The molecule has 2 rings (SSSR count). The van der Waals surface area contributed by atoms with Gasteiger partial charge in [-0.2, -0.15) is 0 Å². The van der Waals surface area contributed by atoms with Crippen LogP contribution in [0, 0.1) is 0 Å². The maximum atomic E-state index is 9.99. The van der Waals surface area contributed by atoms with Crippen molar-refractivity contribution in [3.8, 4) is 5.75 Å². The summed E-state index contributed by atoms with van der Waals surface area (Å²) in [6, 6.07) is 4.43. The van der Waals surface area contributed by atoms with Gasteiger partial charge in [-0.15, -0.1) is 0 Å². The summed E-state index contributed by atoms with van der Waals surface area (Å²) in [6.07, 6.45) is 3.31. The molecule has 1 aromatic rings. The third-order valence-electron chi connectivity index (χ3n) is 3.00. The van der Waals surface area contributed by atoms with Crippen molar-refractivity contribution in [3.63, 3.8) is 0 Å². The highest BCUT2D eigenvalue weighted by Gasteiger charge is 2.20. The van der Waals surface area contributed by atoms with Crippen LogP contribution in [0.5, 0.6) is 5.75 Å². The topological polar surface area (TPSA) is 32.3 Å². The Kier molecular flexibility index (Phi) is 3.32. The predicted octanol–water partition coefficient (Wildman–Crippen LogP) is 3.14. The summed E-state index contributed by atoms with van der Waals surface area (Å²) in [7, 11) is 0. The number of rotatable bonds is 2. The predicted molar refractivity (Wildman–Crippen MR) is 65.2 cm³/mol. The van der Waals surface area contributed by atoms with Gasteiger partial charge in [0.15, 0.2) is 0 Å². The Morgan fingerprint density at radius 3 is 2.93 bits per heavy atom. The third-order valence-corrected chi connectivity index (χ3v) is 3.60. The highest BCUT2D eigenvalue weighted by molar-refractivity contribution is 9.10. The monoisotopic (exact) mass is 269 g/mol. The van der Waals surface area contributed by atoms with Crippen LogP contribution >= 0.6 is 15.9 Å². The minimum Gasteiger partial charge on any atom is -0.506 e. The quantitative estimate of drug-likeness (QED) is 0.865. The molecule has 0 saturated carbocycles. The highest BCUT2D eigenvalue weighted by Crippen LogP contribution is 2.36. The van der Waals surface area contributed by atoms with Gasteiger partial charge in [-0.1, -0.05) is 13.0 Å². The van der Waals surface area contributed by atoms with Gasteiger partial charge in [0.05, 0.1) is 4.47 Å². The average Bonchev–Trinajstić information content (AvgIpc) is 2.75. The van der Waals surface area contributed by atoms with E-state index in [9.17, 15) is 5.11 Å². The normalized spacial score (nSPS) is 20.8. The van der Waals surface area contributed by atoms with Crippen molar-refractivity contribution >= 4 is 15.9 Å². The van der Waals surface area contributed by atoms with Crippen LogP contribution in [0.3, 0.4) is 0 Å². The Morgan fingerprint density at radius 2 is 2.33 bits per heavy atom. The second-order valence-electron chi connectivity index (χ2n) is 4.02. The maximum absolute atomic E-state index is 9.99. The summed E-state index contributed by atoms with van der Waals surface area (Å²) in [5.41, 5.74) is 2.31. The lowest BCUT2D eigenvalue weighted by molar-refractivity contribution is 0.453. The zero-order valence-electron chi connectivity index (χ0n) is 8.89. The molecule has 1 unspecified atom stereocenters. The van der Waals surface area contributed by atoms with Crippen LogP contribution in [-0.4, -0.2) is 11.7 Å². The number of hydrogen-bond donors (Lipinski definition) is 2. The summed E-state index contributed by atoms with van der Waals surface area (Å²) >= 11 is 3.41. The largest absolute Gasteiger partial charge is 0.506 e. The first-order valence-corrected chi connectivity index (χ1v) is 6.26. The van der Waals surface area contributed by atoms with Crippen molar-refractivity contribution in [2.24, 2.45) is 0 Å². The zero-order valence-corrected chi connectivity index (χ0v) is 10.5. The fourth-order valence-corrected chi connectivity index (χ4v) is 2.62. The fourth-order valence-electron chi connectivity index (χ4n) is 2.10. The lowest BCUT2D eigenvalue weighted by atomic mass is 10.0. The van der Waals surface area contributed by atoms with Crippen molar-refractivity contribution in [2.45, 2.75) is 32.2 Å². The SMILES string of the molecule is CCc1cc(Br)c(O)c(C2CCCN2)c1. The lowest BCUT2D eigenvalue weighted by Crippen LogP contribution is -2.13. The Morgan fingerprint density at radius 1 is 1.53 bits per heavy atom. The van der Waals surface area contributed by atoms with Gasteiger partial charge in [-0.3, -0.25) is 0 Å². The molecule has 1 aliphatic heterocycles. The summed E-state index contributed by atoms with van der Waals surface area (Å²) in [4.78, 5) is 0. The number of aromatic hydroxyl groups is 1. The molecule has 2 N–H and O–H groups in total. The van der Waals surface area contributed by atoms with E-state index < -0.39 is 0 Å². The van der Waals surface area contributed by atoms with E-state index in [0.29, 0.717) is 11.8 Å². The molecule has 1 aromatic carbocycles. The molecule has 0 aliphatic carbocycles. The van der Waals surface area contributed by atoms with Crippen LogP contribution in [-0.2, 0) is 6.42 Å². The van der Waals surface area contributed by atoms with Crippen LogP contribution in [0.2, 0.25) is 0 Å². The van der Waals surface area contributed by atoms with Crippen LogP contribution in [0.15, 0.2) is 16.6 Å². The van der Waals surface area contributed by atoms with Crippen molar-refractivity contribution in [2.75, 3.05) is 6.54 Å². The standard InChI is InChI=1S/C12H16BrNO/c1-2-8-6-9(11-4-3-5-14-11)12(15)10(13)7-8/h6-7,11,14-15H,2-5H2,1H3. The molecule has 1 saturated heterocycles. The lowest BCUT2D eigenvalue weighted by Gasteiger charge is -2.15. The first-order chi connectivity index (χ1) is 7.22. The molecule has 2 nitrogen and oxygen atoms in total. The smallest absolute Gasteiger partial charge is 0.134 e. The van der Waals surface area contributed by atoms with Gasteiger partial charge in [-0.05, 0) is 53.4 Å². The van der Waals surface area contributed by atoms with E-state index in [-0.39, 0.29) is 0 Å². The molecule has 1 fully saturated rings. The number of hydrogen-bond acceptors (Lipinski definition) is 2. The number of benzene rings is 1. The number of aryl methyl sites for hydroxylation is 1. The minimum atomic E-state index is 0.327. The van der Waals surface area contributed by atoms with Crippen molar-refractivity contribution in [3.05, 3.63) is 27.7 Å². The minimum absolute atomic E-state index is 0.327. The summed E-state index contributed by atoms with van der Waals surface area (Å²) in [6.45, 7) is 3.18. The molecule has 0 bridgehead atoms. The van der Waals surface area contributed by atoms with Gasteiger partial charge in [0.1, 0.15) is 5.75 Å². The molecule has 0 amide bonds. The van der Waals surface area contributed by atoms with E-state index in [1.807, 2.05) is 6.07 Å². The molecule has 15 heavy (non-hydrogen) atoms. The second-order valence-corrected chi connectivity index (χ2v) is 4.87. The Bertz CT molecular complexity index is 359. The molecule has 1 aliphatic rings. The number of phenolic OH excluding ortho intramolecular Hbond substituents is 1. The van der Waals surface area contributed by atoms with E-state index >= 15 is 0 Å². The van der Waals surface area contributed by atoms with Crippen molar-refractivity contribution in [1.29, 1.82) is 0 Å².